The first-order chi connectivity index (χ1) is 12.4. The maximum absolute atomic E-state index is 9.52. The van der Waals surface area contributed by atoms with Crippen LogP contribution in [0.15, 0.2) is 47.5 Å². The summed E-state index contributed by atoms with van der Waals surface area (Å²) in [6.45, 7) is 4.46. The van der Waals surface area contributed by atoms with E-state index in [1.54, 1.807) is 4.68 Å². The van der Waals surface area contributed by atoms with E-state index in [4.69, 9.17) is 5.10 Å². The summed E-state index contributed by atoms with van der Waals surface area (Å²) in [6.07, 6.45) is 3.96. The summed E-state index contributed by atoms with van der Waals surface area (Å²) in [5.74, 6) is 2.48. The van der Waals surface area contributed by atoms with Crippen molar-refractivity contribution in [1.29, 1.82) is 5.26 Å². The second kappa shape index (κ2) is 5.42. The van der Waals surface area contributed by atoms with E-state index in [0.29, 0.717) is 0 Å². The predicted octanol–water partition coefficient (Wildman–Crippen LogP) is 2.50. The van der Waals surface area contributed by atoms with E-state index in [2.05, 4.69) is 13.8 Å². The molecule has 2 unspecified atom stereocenters. The van der Waals surface area contributed by atoms with Crippen molar-refractivity contribution in [2.24, 2.45) is 36.4 Å². The van der Waals surface area contributed by atoms with Crippen LogP contribution in [0, 0.1) is 28.6 Å². The van der Waals surface area contributed by atoms with Crippen molar-refractivity contribution in [3.63, 3.8) is 0 Å². The first kappa shape index (κ1) is 16.3. The number of nitrogens with zero attached hydrogens (tertiary/aromatic N) is 6. The standard InChI is InChI=1S/C20H20N6/c1-20(2)16-17(20)19(15-8-6-10-25(15)4)26(13(11-21)12-22)23-18(16)14-7-5-9-24(14)3/h5-10,16-17H,1-4H3. The van der Waals surface area contributed by atoms with Gasteiger partial charge in [0.25, 0.3) is 0 Å². The Bertz CT molecular complexity index is 1060. The molecule has 0 saturated heterocycles. The molecule has 0 radical (unpaired) electrons. The number of aryl methyl sites for hydroxylation is 2. The SMILES string of the molecule is Cn1cccc1C1=N[N+](C(=C=[N-])C#N)=C(c2cccn2C)C2C1C2(C)C. The normalized spacial score (nSPS) is 23.0. The highest BCUT2D eigenvalue weighted by molar-refractivity contribution is 6.12. The molecule has 3 heterocycles. The van der Waals surface area contributed by atoms with Crippen LogP contribution in [-0.2, 0) is 14.1 Å². The van der Waals surface area contributed by atoms with E-state index < -0.39 is 0 Å². The van der Waals surface area contributed by atoms with E-state index >= 15 is 0 Å². The largest absolute Gasteiger partial charge is 0.757 e. The molecule has 26 heavy (non-hydrogen) atoms. The zero-order valence-electron chi connectivity index (χ0n) is 15.3. The second-order valence-corrected chi connectivity index (χ2v) is 7.54. The molecule has 2 aromatic rings. The van der Waals surface area contributed by atoms with E-state index in [0.717, 1.165) is 22.8 Å². The van der Waals surface area contributed by atoms with Gasteiger partial charge >= 0.3 is 5.70 Å². The Morgan fingerprint density at radius 1 is 1.15 bits per heavy atom. The van der Waals surface area contributed by atoms with Crippen LogP contribution < -0.4 is 0 Å². The van der Waals surface area contributed by atoms with E-state index in [9.17, 15) is 10.7 Å². The number of fused-ring (bicyclic) bond motifs is 1. The fourth-order valence-corrected chi connectivity index (χ4v) is 4.24. The van der Waals surface area contributed by atoms with Crippen molar-refractivity contribution in [2.75, 3.05) is 0 Å². The van der Waals surface area contributed by atoms with Gasteiger partial charge in [0.15, 0.2) is 6.07 Å². The molecule has 2 aliphatic rings. The Labute approximate surface area is 152 Å². The minimum atomic E-state index is -0.00550. The van der Waals surface area contributed by atoms with Gasteiger partial charge in [-0.3, -0.25) is 0 Å². The van der Waals surface area contributed by atoms with Crippen LogP contribution in [0.25, 0.3) is 5.41 Å². The number of allylic oxidation sites excluding steroid dienone is 1. The van der Waals surface area contributed by atoms with Gasteiger partial charge in [0.1, 0.15) is 11.4 Å². The first-order valence-electron chi connectivity index (χ1n) is 8.57. The summed E-state index contributed by atoms with van der Waals surface area (Å²) in [6, 6.07) is 10.0. The van der Waals surface area contributed by atoms with Crippen molar-refractivity contribution in [3.05, 3.63) is 59.2 Å². The summed E-state index contributed by atoms with van der Waals surface area (Å²) in [4.78, 5) is 0. The van der Waals surface area contributed by atoms with Crippen LogP contribution >= 0.6 is 0 Å². The fraction of sp³-hybridized carbons (Fsp3) is 0.350. The van der Waals surface area contributed by atoms with Crippen LogP contribution in [0.3, 0.4) is 0 Å². The molecule has 130 valence electrons. The lowest BCUT2D eigenvalue weighted by Crippen LogP contribution is -2.29. The topological polar surface area (TPSA) is 71.3 Å². The van der Waals surface area contributed by atoms with Gasteiger partial charge in [0.2, 0.25) is 5.71 Å². The maximum atomic E-state index is 9.52. The summed E-state index contributed by atoms with van der Waals surface area (Å²) < 4.78 is 5.62. The third-order valence-electron chi connectivity index (χ3n) is 5.69. The molecule has 1 fully saturated rings. The molecule has 6 nitrogen and oxygen atoms in total. The van der Waals surface area contributed by atoms with Crippen molar-refractivity contribution in [3.8, 4) is 6.07 Å². The molecule has 0 N–H and O–H groups in total. The van der Waals surface area contributed by atoms with Gasteiger partial charge in [0.05, 0.1) is 11.6 Å². The Hall–Kier alpha value is -3.16. The van der Waals surface area contributed by atoms with Gasteiger partial charge in [-0.2, -0.15) is 11.1 Å². The van der Waals surface area contributed by atoms with Crippen LogP contribution in [0.2, 0.25) is 0 Å². The quantitative estimate of drug-likeness (QED) is 0.479. The summed E-state index contributed by atoms with van der Waals surface area (Å²) >= 11 is 0. The van der Waals surface area contributed by atoms with E-state index in [-0.39, 0.29) is 22.9 Å². The van der Waals surface area contributed by atoms with Crippen LogP contribution in [0.1, 0.15) is 25.2 Å². The molecule has 1 saturated carbocycles. The van der Waals surface area contributed by atoms with E-state index in [1.165, 1.54) is 0 Å². The molecule has 4 rings (SSSR count). The lowest BCUT2D eigenvalue weighted by Gasteiger charge is -2.12. The number of rotatable bonds is 3. The molecule has 0 bridgehead atoms. The lowest BCUT2D eigenvalue weighted by molar-refractivity contribution is -0.476. The molecule has 1 aliphatic carbocycles. The summed E-state index contributed by atoms with van der Waals surface area (Å²) in [5.41, 5.74) is 3.89. The van der Waals surface area contributed by atoms with Gasteiger partial charge in [-0.05, 0) is 34.4 Å². The third-order valence-corrected chi connectivity index (χ3v) is 5.69. The van der Waals surface area contributed by atoms with Crippen molar-refractivity contribution in [1.82, 2.24) is 9.13 Å². The molecular formula is C20H20N6. The highest BCUT2D eigenvalue weighted by Crippen LogP contribution is 2.62. The maximum Gasteiger partial charge on any atom is 0.335 e. The zero-order valence-corrected chi connectivity index (χ0v) is 15.3. The second-order valence-electron chi connectivity index (χ2n) is 7.54. The van der Waals surface area contributed by atoms with Crippen molar-refractivity contribution < 1.29 is 4.68 Å². The Morgan fingerprint density at radius 3 is 2.27 bits per heavy atom. The molecule has 2 atom stereocenters. The molecule has 6 heteroatoms. The van der Waals surface area contributed by atoms with E-state index in [1.807, 2.05) is 71.8 Å². The van der Waals surface area contributed by atoms with Gasteiger partial charge in [-0.1, -0.05) is 13.8 Å². The van der Waals surface area contributed by atoms with Gasteiger partial charge in [-0.15, -0.1) is 0 Å². The molecular weight excluding hydrogens is 324 g/mol. The van der Waals surface area contributed by atoms with Crippen molar-refractivity contribution in [2.45, 2.75) is 13.8 Å². The third kappa shape index (κ3) is 2.08. The average Bonchev–Trinajstić information content (AvgIpc) is 2.97. The highest BCUT2D eigenvalue weighted by atomic mass is 15.4. The zero-order chi connectivity index (χ0) is 18.6. The molecule has 0 aromatic carbocycles. The minimum absolute atomic E-state index is 0.00550. The monoisotopic (exact) mass is 344 g/mol. The van der Waals surface area contributed by atoms with Crippen LogP contribution in [0.5, 0.6) is 0 Å². The average molecular weight is 344 g/mol. The fourth-order valence-electron chi connectivity index (χ4n) is 4.24. The molecule has 1 aliphatic heterocycles. The van der Waals surface area contributed by atoms with Crippen LogP contribution in [0.4, 0.5) is 0 Å². The number of hydrazone groups is 1. The smallest absolute Gasteiger partial charge is 0.335 e. The number of aromatic nitrogens is 2. The number of hydrogen-bond donors (Lipinski definition) is 0. The van der Waals surface area contributed by atoms with Crippen LogP contribution in [-0.4, -0.2) is 31.1 Å². The molecule has 2 aromatic heterocycles. The van der Waals surface area contributed by atoms with Gasteiger partial charge in [0, 0.05) is 37.5 Å². The summed E-state index contributed by atoms with van der Waals surface area (Å²) in [5, 5.41) is 23.9. The molecule has 0 spiro atoms. The Morgan fingerprint density at radius 2 is 1.77 bits per heavy atom. The minimum Gasteiger partial charge on any atom is -0.757 e. The first-order valence-corrected chi connectivity index (χ1v) is 8.57. The number of nitriles is 1. The van der Waals surface area contributed by atoms with Crippen molar-refractivity contribution >= 4 is 17.3 Å². The van der Waals surface area contributed by atoms with Gasteiger partial charge in [-0.25, -0.2) is 0 Å². The van der Waals surface area contributed by atoms with Gasteiger partial charge < -0.3 is 14.5 Å². The highest BCUT2D eigenvalue weighted by Gasteiger charge is 2.69. The summed E-state index contributed by atoms with van der Waals surface area (Å²) in [7, 11) is 3.96. The lowest BCUT2D eigenvalue weighted by atomic mass is 10.0. The number of hydrogen-bond acceptors (Lipinski definition) is 2. The molecule has 0 amide bonds. The Balaban J connectivity index is 2.04. The Kier molecular flexibility index (Phi) is 3.40. The predicted molar refractivity (Wildman–Crippen MR) is 100.0 cm³/mol.